The zero-order valence-corrected chi connectivity index (χ0v) is 64.8. The van der Waals surface area contributed by atoms with Crippen molar-refractivity contribution >= 4 is 47.2 Å². The lowest BCUT2D eigenvalue weighted by Gasteiger charge is -2.26. The standard InChI is InChI=1S/C18H23N3O.C18H24N2O.C15H25N3O.C13H18O2.C10H15N3O2.C8H13N3/c1-18(2,3)15-4-6-16(7-5-15)21-17(22)20-13-10-14-8-11-19-12-9-14;1-18(2,3)16-4-6-17(7-5-16)20-14-21-13-10-15-8-11-19-12-9-15;1-15(2,3)13-4-5-14(17-12-13)16-6-7-18-8-10-19-11-9-18;1-13(2,3)11-7-4-10(5-8-11)6-9-12(14)15;1-10(2,3)7-5-11-8(12-6-7)13-9(14)15-4;1-8(2,3)6-4-10-7(9)11-5-6/h4-9,11-12H,10,13H2,1-3H3,(H2,20,21,22);4-9,11-12,20H,10,13-14H2,1-3H3;4-5,12H,6-11H2,1-3H3,(H,16,17);4-5,7-8H,6,9H2,1-3H3,(H,14,15);5-6H,1-4H3,(H,11,12,13,14);4-5H,1-3H3,(H2,9,10,11). The van der Waals surface area contributed by atoms with Crippen LogP contribution in [0.25, 0.3) is 0 Å². The van der Waals surface area contributed by atoms with E-state index in [0.717, 1.165) is 91.7 Å². The summed E-state index contributed by atoms with van der Waals surface area (Å²) in [5.74, 6) is 0.795. The number of morpholine rings is 1. The van der Waals surface area contributed by atoms with Gasteiger partial charge in [-0.1, -0.05) is 179 Å². The summed E-state index contributed by atoms with van der Waals surface area (Å²) in [5, 5.41) is 23.3. The Morgan fingerprint density at radius 3 is 1.36 bits per heavy atom. The second-order valence-corrected chi connectivity index (χ2v) is 31.1. The molecular weight excluding hydrogens is 1290 g/mol. The van der Waals surface area contributed by atoms with Gasteiger partial charge in [0.15, 0.2) is 0 Å². The number of ether oxygens (including phenoxy) is 3. The fraction of sp³-hybridized carbons (Fsp3) is 0.463. The van der Waals surface area contributed by atoms with E-state index >= 15 is 0 Å². The fourth-order valence-corrected chi connectivity index (χ4v) is 9.31. The number of nitrogens with zero attached hydrogens (tertiary/aromatic N) is 8. The lowest BCUT2D eigenvalue weighted by atomic mass is 9.86. The van der Waals surface area contributed by atoms with Crippen LogP contribution in [0, 0.1) is 0 Å². The minimum atomic E-state index is -0.741. The van der Waals surface area contributed by atoms with Crippen molar-refractivity contribution < 1.29 is 33.7 Å². The van der Waals surface area contributed by atoms with Gasteiger partial charge in [-0.05, 0) is 156 Å². The number of anilines is 5. The molecule has 1 aliphatic heterocycles. The molecule has 3 amide bonds. The van der Waals surface area contributed by atoms with Crippen molar-refractivity contribution in [1.29, 1.82) is 0 Å². The molecule has 0 radical (unpaired) electrons. The van der Waals surface area contributed by atoms with E-state index in [1.54, 1.807) is 37.2 Å². The van der Waals surface area contributed by atoms with E-state index in [0.29, 0.717) is 32.3 Å². The number of pyridine rings is 3. The van der Waals surface area contributed by atoms with Gasteiger partial charge < -0.3 is 46.3 Å². The number of aromatic nitrogens is 7. The van der Waals surface area contributed by atoms with E-state index in [2.05, 4.69) is 244 Å². The van der Waals surface area contributed by atoms with Gasteiger partial charge in [0.1, 0.15) is 12.5 Å². The molecule has 0 atom stereocenters. The number of benzene rings is 3. The van der Waals surface area contributed by atoms with Gasteiger partial charge in [0.2, 0.25) is 11.9 Å². The first kappa shape index (κ1) is 86.0. The van der Waals surface area contributed by atoms with E-state index in [1.165, 1.54) is 34.9 Å². The van der Waals surface area contributed by atoms with Crippen LogP contribution in [0.15, 0.2) is 165 Å². The van der Waals surface area contributed by atoms with Gasteiger partial charge in [-0.15, -0.1) is 0 Å². The number of carbonyl (C=O) groups excluding carboxylic acids is 2. The summed E-state index contributed by atoms with van der Waals surface area (Å²) in [4.78, 5) is 63.8. The van der Waals surface area contributed by atoms with Crippen LogP contribution in [0.5, 0.6) is 0 Å². The Hall–Kier alpha value is -9.44. The molecule has 0 saturated carbocycles. The lowest BCUT2D eigenvalue weighted by molar-refractivity contribution is -0.136. The molecule has 558 valence electrons. The smallest absolute Gasteiger partial charge is 0.413 e. The van der Waals surface area contributed by atoms with Gasteiger partial charge in [-0.25, -0.2) is 34.5 Å². The molecule has 3 aromatic carbocycles. The molecule has 9 rings (SSSR count). The Balaban J connectivity index is 0.000000265. The minimum Gasteiger partial charge on any atom is -0.481 e. The minimum absolute atomic E-state index is 0.00377. The van der Waals surface area contributed by atoms with Gasteiger partial charge in [-0.2, -0.15) is 0 Å². The average molecular weight is 1410 g/mol. The summed E-state index contributed by atoms with van der Waals surface area (Å²) in [6.45, 7) is 46.4. The SMILES string of the molecule is CC(C)(C)c1ccc(CCC(=O)O)cc1.CC(C)(C)c1ccc(NC(=O)NCCc2ccncc2)cc1.CC(C)(C)c1ccc(NCCN2CCOCC2)nc1.CC(C)(C)c1ccc(NCOCCc2ccncc2)cc1.CC(C)(C)c1cnc(N)nc1.COC(=O)Nc1ncc(C(C)(C)C)cn1. The maximum Gasteiger partial charge on any atom is 0.413 e. The molecule has 1 saturated heterocycles. The highest BCUT2D eigenvalue weighted by atomic mass is 16.5. The number of aliphatic carboxylic acids is 1. The summed E-state index contributed by atoms with van der Waals surface area (Å²) in [6, 6.07) is 36.7. The third-order valence-electron chi connectivity index (χ3n) is 16.2. The largest absolute Gasteiger partial charge is 0.481 e. The highest BCUT2D eigenvalue weighted by Crippen LogP contribution is 2.27. The number of urea groups is 1. The molecular formula is C82H118N14O7. The topological polar surface area (TPSA) is 279 Å². The van der Waals surface area contributed by atoms with Gasteiger partial charge in [0.25, 0.3) is 0 Å². The van der Waals surface area contributed by atoms with Crippen molar-refractivity contribution in [2.75, 3.05) is 93.4 Å². The number of hydrogen-bond acceptors (Lipinski definition) is 17. The van der Waals surface area contributed by atoms with Crippen LogP contribution in [-0.4, -0.2) is 129 Å². The van der Waals surface area contributed by atoms with Crippen molar-refractivity contribution in [3.05, 3.63) is 215 Å². The predicted octanol–water partition coefficient (Wildman–Crippen LogP) is 16.2. The van der Waals surface area contributed by atoms with Gasteiger partial charge in [-0.3, -0.25) is 25.0 Å². The van der Waals surface area contributed by atoms with Crippen molar-refractivity contribution in [3.8, 4) is 0 Å². The number of nitrogen functional groups attached to an aromatic ring is 1. The summed E-state index contributed by atoms with van der Waals surface area (Å²) in [6.07, 6.45) is 18.0. The number of aryl methyl sites for hydroxylation is 1. The van der Waals surface area contributed by atoms with Gasteiger partial charge in [0, 0.05) is 106 Å². The molecule has 21 heteroatoms. The normalized spacial score (nSPS) is 12.4. The number of amides is 3. The Morgan fingerprint density at radius 1 is 0.485 bits per heavy atom. The molecule has 21 nitrogen and oxygen atoms in total. The third kappa shape index (κ3) is 35.8. The molecule has 6 heterocycles. The highest BCUT2D eigenvalue weighted by Gasteiger charge is 2.19. The second-order valence-electron chi connectivity index (χ2n) is 31.1. The van der Waals surface area contributed by atoms with E-state index in [-0.39, 0.29) is 50.9 Å². The molecule has 1 aliphatic rings. The number of rotatable bonds is 18. The molecule has 5 aromatic heterocycles. The van der Waals surface area contributed by atoms with Crippen molar-refractivity contribution in [2.24, 2.45) is 0 Å². The molecule has 0 unspecified atom stereocenters. The van der Waals surface area contributed by atoms with Crippen molar-refractivity contribution in [1.82, 2.24) is 45.1 Å². The Kier molecular flexibility index (Phi) is 35.2. The molecule has 0 aliphatic carbocycles. The summed E-state index contributed by atoms with van der Waals surface area (Å²) < 4.78 is 15.4. The van der Waals surface area contributed by atoms with Crippen LogP contribution in [0.2, 0.25) is 0 Å². The first-order valence-electron chi connectivity index (χ1n) is 35.3. The zero-order valence-electron chi connectivity index (χ0n) is 64.8. The highest BCUT2D eigenvalue weighted by molar-refractivity contribution is 5.89. The summed E-state index contributed by atoms with van der Waals surface area (Å²) in [5.41, 5.74) is 18.7. The molecule has 0 bridgehead atoms. The number of hydrogen-bond donors (Lipinski definition) is 7. The van der Waals surface area contributed by atoms with Crippen LogP contribution in [0.4, 0.5) is 38.7 Å². The number of carboxylic acid groups (broad SMARTS) is 1. The summed E-state index contributed by atoms with van der Waals surface area (Å²) >= 11 is 0. The average Bonchev–Trinajstić information content (AvgIpc) is 0.891. The van der Waals surface area contributed by atoms with Crippen molar-refractivity contribution in [3.63, 3.8) is 0 Å². The quantitative estimate of drug-likeness (QED) is 0.0310. The zero-order chi connectivity index (χ0) is 76.3. The first-order chi connectivity index (χ1) is 48.4. The molecule has 1 fully saturated rings. The first-order valence-corrected chi connectivity index (χ1v) is 35.3. The van der Waals surface area contributed by atoms with Crippen LogP contribution in [0.3, 0.4) is 0 Å². The predicted molar refractivity (Wildman–Crippen MR) is 419 cm³/mol. The number of carboxylic acids is 1. The second kappa shape index (κ2) is 42.2. The van der Waals surface area contributed by atoms with Crippen LogP contribution < -0.4 is 32.3 Å². The van der Waals surface area contributed by atoms with Gasteiger partial charge >= 0.3 is 18.1 Å². The monoisotopic (exact) mass is 1410 g/mol. The number of methoxy groups -OCH3 is 1. The van der Waals surface area contributed by atoms with Crippen molar-refractivity contribution in [2.45, 2.75) is 183 Å². The summed E-state index contributed by atoms with van der Waals surface area (Å²) in [7, 11) is 1.29. The van der Waals surface area contributed by atoms with Crippen LogP contribution >= 0.6 is 0 Å². The Bertz CT molecular complexity index is 3670. The van der Waals surface area contributed by atoms with Crippen LogP contribution in [0.1, 0.15) is 181 Å². The maximum absolute atomic E-state index is 11.8. The molecule has 103 heavy (non-hydrogen) atoms. The lowest BCUT2D eigenvalue weighted by Crippen LogP contribution is -2.39. The molecule has 0 spiro atoms. The molecule has 8 aromatic rings. The Morgan fingerprint density at radius 2 is 0.913 bits per heavy atom. The van der Waals surface area contributed by atoms with Gasteiger partial charge in [0.05, 0.1) is 26.9 Å². The Labute approximate surface area is 614 Å². The van der Waals surface area contributed by atoms with E-state index < -0.39 is 12.1 Å². The number of nitrogens with two attached hydrogens (primary N) is 1. The number of nitrogens with one attached hydrogen (secondary N) is 5. The van der Waals surface area contributed by atoms with E-state index in [9.17, 15) is 14.4 Å². The molecule has 8 N–H and O–H groups in total. The van der Waals surface area contributed by atoms with E-state index in [1.807, 2.05) is 79.3 Å². The third-order valence-corrected chi connectivity index (χ3v) is 16.2. The van der Waals surface area contributed by atoms with E-state index in [4.69, 9.17) is 20.3 Å². The maximum atomic E-state index is 11.8. The van der Waals surface area contributed by atoms with Crippen LogP contribution in [-0.2, 0) is 70.8 Å². The number of carbonyl (C=O) groups is 3. The fourth-order valence-electron chi connectivity index (χ4n) is 9.31.